The maximum Gasteiger partial charge on any atom is 0.227 e. The fourth-order valence-electron chi connectivity index (χ4n) is 2.80. The Hall–Kier alpha value is -2.70. The highest BCUT2D eigenvalue weighted by Crippen LogP contribution is 2.27. The van der Waals surface area contributed by atoms with E-state index in [9.17, 15) is 9.59 Å². The Labute approximate surface area is 155 Å². The van der Waals surface area contributed by atoms with E-state index in [0.717, 1.165) is 11.1 Å². The lowest BCUT2D eigenvalue weighted by Gasteiger charge is -2.06. The summed E-state index contributed by atoms with van der Waals surface area (Å²) in [7, 11) is 0. The Morgan fingerprint density at radius 2 is 2.08 bits per heavy atom. The number of aromatic amines is 1. The number of fused-ring (bicyclic) bond motifs is 1. The first-order chi connectivity index (χ1) is 12.5. The molecule has 0 radical (unpaired) electrons. The van der Waals surface area contributed by atoms with Crippen LogP contribution in [0.2, 0.25) is 5.02 Å². The van der Waals surface area contributed by atoms with Crippen LogP contribution in [0.25, 0.3) is 10.9 Å². The van der Waals surface area contributed by atoms with Gasteiger partial charge in [-0.25, -0.2) is 0 Å². The third-order valence-corrected chi connectivity index (χ3v) is 4.25. The van der Waals surface area contributed by atoms with Crippen LogP contribution in [0, 0.1) is 6.92 Å². The van der Waals surface area contributed by atoms with Gasteiger partial charge in [0.1, 0.15) is 5.69 Å². The highest BCUT2D eigenvalue weighted by atomic mass is 35.5. The van der Waals surface area contributed by atoms with Gasteiger partial charge in [-0.15, -0.1) is 0 Å². The Morgan fingerprint density at radius 3 is 2.81 bits per heavy atom. The number of aliphatic hydroxyl groups excluding tert-OH is 1. The fraction of sp³-hybridized carbons (Fsp3) is 0.211. The van der Waals surface area contributed by atoms with Crippen molar-refractivity contribution in [1.29, 1.82) is 0 Å². The molecule has 6 nitrogen and oxygen atoms in total. The number of aryl methyl sites for hydroxylation is 1. The van der Waals surface area contributed by atoms with E-state index < -0.39 is 0 Å². The van der Waals surface area contributed by atoms with Gasteiger partial charge in [0.15, 0.2) is 0 Å². The molecule has 1 amide bonds. The van der Waals surface area contributed by atoms with Gasteiger partial charge < -0.3 is 15.4 Å². The van der Waals surface area contributed by atoms with Crippen LogP contribution in [0.15, 0.2) is 36.5 Å². The van der Waals surface area contributed by atoms with Crippen LogP contribution >= 0.6 is 11.6 Å². The maximum absolute atomic E-state index is 13.0. The molecule has 3 aromatic rings. The average molecular weight is 372 g/mol. The van der Waals surface area contributed by atoms with Gasteiger partial charge in [0.05, 0.1) is 18.7 Å². The van der Waals surface area contributed by atoms with E-state index in [2.05, 4.69) is 15.3 Å². The molecule has 134 valence electrons. The van der Waals surface area contributed by atoms with Crippen molar-refractivity contribution in [2.75, 3.05) is 13.2 Å². The number of hydrogen-bond donors (Lipinski definition) is 3. The molecule has 0 saturated carbocycles. The van der Waals surface area contributed by atoms with Crippen molar-refractivity contribution in [2.45, 2.75) is 13.3 Å². The summed E-state index contributed by atoms with van der Waals surface area (Å²) in [4.78, 5) is 32.4. The SMILES string of the molecule is Cc1ccnc(C(=O)c2[nH]c3ccc(Cl)cc3c2CC(=O)NCCO)c1. The molecule has 26 heavy (non-hydrogen) atoms. The molecule has 3 N–H and O–H groups in total. The minimum atomic E-state index is -0.286. The smallest absolute Gasteiger partial charge is 0.227 e. The lowest BCUT2D eigenvalue weighted by atomic mass is 10.0. The van der Waals surface area contributed by atoms with Gasteiger partial charge >= 0.3 is 0 Å². The van der Waals surface area contributed by atoms with E-state index in [-0.39, 0.29) is 31.3 Å². The number of benzene rings is 1. The summed E-state index contributed by atoms with van der Waals surface area (Å²) in [6.45, 7) is 1.89. The summed E-state index contributed by atoms with van der Waals surface area (Å²) >= 11 is 6.09. The van der Waals surface area contributed by atoms with E-state index in [4.69, 9.17) is 16.7 Å². The van der Waals surface area contributed by atoms with Crippen LogP contribution in [0.4, 0.5) is 0 Å². The van der Waals surface area contributed by atoms with Crippen LogP contribution in [0.1, 0.15) is 27.3 Å². The molecule has 0 aliphatic heterocycles. The van der Waals surface area contributed by atoms with Crippen molar-refractivity contribution in [3.63, 3.8) is 0 Å². The third kappa shape index (κ3) is 3.76. The van der Waals surface area contributed by atoms with Gasteiger partial charge in [-0.05, 0) is 48.4 Å². The molecule has 3 rings (SSSR count). The van der Waals surface area contributed by atoms with Gasteiger partial charge in [0, 0.05) is 28.7 Å². The largest absolute Gasteiger partial charge is 0.395 e. The van der Waals surface area contributed by atoms with Crippen molar-refractivity contribution in [1.82, 2.24) is 15.3 Å². The third-order valence-electron chi connectivity index (χ3n) is 4.01. The summed E-state index contributed by atoms with van der Waals surface area (Å²) in [5.74, 6) is -0.572. The molecule has 0 saturated heterocycles. The average Bonchev–Trinajstić information content (AvgIpc) is 2.97. The molecule has 2 aromatic heterocycles. The lowest BCUT2D eigenvalue weighted by Crippen LogP contribution is -2.28. The van der Waals surface area contributed by atoms with Gasteiger partial charge in [0.25, 0.3) is 0 Å². The van der Waals surface area contributed by atoms with Crippen LogP contribution in [-0.2, 0) is 11.2 Å². The van der Waals surface area contributed by atoms with E-state index >= 15 is 0 Å². The summed E-state index contributed by atoms with van der Waals surface area (Å²) in [5.41, 5.74) is 2.82. The monoisotopic (exact) mass is 371 g/mol. The predicted octanol–water partition coefficient (Wildman–Crippen LogP) is 2.41. The number of nitrogens with zero attached hydrogens (tertiary/aromatic N) is 1. The highest BCUT2D eigenvalue weighted by Gasteiger charge is 2.22. The van der Waals surface area contributed by atoms with E-state index in [1.807, 2.05) is 13.0 Å². The first-order valence-corrected chi connectivity index (χ1v) is 8.52. The number of ketones is 1. The normalized spacial score (nSPS) is 10.9. The molecule has 0 aliphatic carbocycles. The molecule has 0 bridgehead atoms. The van der Waals surface area contributed by atoms with Crippen molar-refractivity contribution in [2.24, 2.45) is 0 Å². The number of carbonyl (C=O) groups is 2. The van der Waals surface area contributed by atoms with Gasteiger partial charge in [-0.2, -0.15) is 0 Å². The Morgan fingerprint density at radius 1 is 1.27 bits per heavy atom. The van der Waals surface area contributed by atoms with Crippen molar-refractivity contribution < 1.29 is 14.7 Å². The number of halogens is 1. The van der Waals surface area contributed by atoms with Crippen molar-refractivity contribution in [3.05, 3.63) is 64.1 Å². The lowest BCUT2D eigenvalue weighted by molar-refractivity contribution is -0.120. The van der Waals surface area contributed by atoms with Gasteiger partial charge in [-0.1, -0.05) is 11.6 Å². The standard InChI is InChI=1S/C19H18ClN3O3/c1-11-4-5-21-16(8-11)19(26)18-14(10-17(25)22-6-7-24)13-9-12(20)2-3-15(13)23-18/h2-5,8-9,23-24H,6-7,10H2,1H3,(H,22,25). The number of pyridine rings is 1. The first-order valence-electron chi connectivity index (χ1n) is 8.14. The van der Waals surface area contributed by atoms with Crippen LogP contribution in [0.3, 0.4) is 0 Å². The minimum Gasteiger partial charge on any atom is -0.395 e. The molecule has 0 atom stereocenters. The van der Waals surface area contributed by atoms with Crippen LogP contribution in [0.5, 0.6) is 0 Å². The van der Waals surface area contributed by atoms with Crippen LogP contribution < -0.4 is 5.32 Å². The molecule has 7 heteroatoms. The molecular weight excluding hydrogens is 354 g/mol. The topological polar surface area (TPSA) is 95.1 Å². The summed E-state index contributed by atoms with van der Waals surface area (Å²) in [5, 5.41) is 12.7. The Kier molecular flexibility index (Phi) is 5.35. The second-order valence-electron chi connectivity index (χ2n) is 5.97. The Bertz CT molecular complexity index is 981. The second-order valence-corrected chi connectivity index (χ2v) is 6.40. The zero-order valence-corrected chi connectivity index (χ0v) is 14.9. The number of carbonyl (C=O) groups excluding carboxylic acids is 2. The molecule has 0 unspecified atom stereocenters. The molecule has 0 spiro atoms. The number of hydrogen-bond acceptors (Lipinski definition) is 4. The zero-order valence-electron chi connectivity index (χ0n) is 14.2. The molecule has 1 aromatic carbocycles. The second kappa shape index (κ2) is 7.68. The Balaban J connectivity index is 2.07. The number of rotatable bonds is 6. The maximum atomic E-state index is 13.0. The number of aliphatic hydroxyl groups is 1. The molecule has 2 heterocycles. The molecule has 0 fully saturated rings. The highest BCUT2D eigenvalue weighted by molar-refractivity contribution is 6.31. The van der Waals surface area contributed by atoms with Crippen LogP contribution in [-0.4, -0.2) is 39.9 Å². The van der Waals surface area contributed by atoms with E-state index in [1.54, 1.807) is 30.5 Å². The van der Waals surface area contributed by atoms with E-state index in [0.29, 0.717) is 27.4 Å². The predicted molar refractivity (Wildman–Crippen MR) is 99.5 cm³/mol. The van der Waals surface area contributed by atoms with Gasteiger partial charge in [0.2, 0.25) is 11.7 Å². The summed E-state index contributed by atoms with van der Waals surface area (Å²) < 4.78 is 0. The quantitative estimate of drug-likeness (QED) is 0.580. The fourth-order valence-corrected chi connectivity index (χ4v) is 2.98. The molecule has 0 aliphatic rings. The number of H-pyrrole nitrogens is 1. The van der Waals surface area contributed by atoms with Crippen molar-refractivity contribution in [3.8, 4) is 0 Å². The number of aromatic nitrogens is 2. The number of amides is 1. The first kappa shape index (κ1) is 18.1. The van der Waals surface area contributed by atoms with E-state index in [1.165, 1.54) is 0 Å². The van der Waals surface area contributed by atoms with Crippen molar-refractivity contribution >= 4 is 34.2 Å². The minimum absolute atomic E-state index is 0.00672. The molecular formula is C19H18ClN3O3. The zero-order chi connectivity index (χ0) is 18.7. The summed E-state index contributed by atoms with van der Waals surface area (Å²) in [6, 6.07) is 8.73. The summed E-state index contributed by atoms with van der Waals surface area (Å²) in [6.07, 6.45) is 1.57. The van der Waals surface area contributed by atoms with Gasteiger partial charge in [-0.3, -0.25) is 14.6 Å². The number of nitrogens with one attached hydrogen (secondary N) is 2.